The minimum absolute atomic E-state index is 0.259. The Morgan fingerprint density at radius 3 is 2.95 bits per heavy atom. The van der Waals surface area contributed by atoms with Gasteiger partial charge in [0.1, 0.15) is 0 Å². The summed E-state index contributed by atoms with van der Waals surface area (Å²) in [5.41, 5.74) is 0.907. The van der Waals surface area contributed by atoms with Gasteiger partial charge in [-0.1, -0.05) is 12.1 Å². The maximum Gasteiger partial charge on any atom is 0.162 e. The molecule has 1 atom stereocenters. The van der Waals surface area contributed by atoms with Crippen LogP contribution in [-0.2, 0) is 6.54 Å². The molecule has 0 bridgehead atoms. The maximum absolute atomic E-state index is 10.0. The molecule has 1 saturated carbocycles. The van der Waals surface area contributed by atoms with E-state index in [2.05, 4.69) is 10.2 Å². The van der Waals surface area contributed by atoms with Crippen molar-refractivity contribution in [2.75, 3.05) is 20.2 Å². The normalized spacial score (nSPS) is 23.7. The number of ether oxygens (including phenoxy) is 1. The van der Waals surface area contributed by atoms with Crippen LogP contribution in [0.25, 0.3) is 0 Å². The lowest BCUT2D eigenvalue weighted by molar-refractivity contribution is 0.317. The molecule has 1 aromatic rings. The first-order chi connectivity index (χ1) is 9.28. The molecule has 0 radical (unpaired) electrons. The van der Waals surface area contributed by atoms with Gasteiger partial charge in [0.25, 0.3) is 0 Å². The lowest BCUT2D eigenvalue weighted by Crippen LogP contribution is -2.32. The number of hydrogen-bond donors (Lipinski definition) is 2. The number of methoxy groups -OCH3 is 1. The molecule has 4 nitrogen and oxygen atoms in total. The fourth-order valence-electron chi connectivity index (χ4n) is 2.85. The lowest BCUT2D eigenvalue weighted by Gasteiger charge is -2.16. The van der Waals surface area contributed by atoms with Gasteiger partial charge in [0.05, 0.1) is 7.11 Å². The second kappa shape index (κ2) is 5.39. The topological polar surface area (TPSA) is 44.7 Å². The Hall–Kier alpha value is -1.26. The van der Waals surface area contributed by atoms with E-state index in [1.54, 1.807) is 13.2 Å². The van der Waals surface area contributed by atoms with Crippen molar-refractivity contribution in [2.24, 2.45) is 0 Å². The van der Waals surface area contributed by atoms with Gasteiger partial charge < -0.3 is 15.2 Å². The number of rotatable bonds is 5. The van der Waals surface area contributed by atoms with Crippen molar-refractivity contribution >= 4 is 0 Å². The second-order valence-electron chi connectivity index (χ2n) is 5.56. The smallest absolute Gasteiger partial charge is 0.162 e. The third-order valence-corrected chi connectivity index (χ3v) is 4.17. The van der Waals surface area contributed by atoms with Crippen molar-refractivity contribution in [1.29, 1.82) is 0 Å². The Morgan fingerprint density at radius 1 is 1.37 bits per heavy atom. The van der Waals surface area contributed by atoms with Crippen LogP contribution in [0.1, 0.15) is 24.8 Å². The summed E-state index contributed by atoms with van der Waals surface area (Å²) in [6.45, 7) is 3.06. The van der Waals surface area contributed by atoms with Crippen molar-refractivity contribution in [1.82, 2.24) is 10.2 Å². The van der Waals surface area contributed by atoms with Crippen LogP contribution in [0.5, 0.6) is 11.5 Å². The number of phenols is 1. The number of phenolic OH excluding ortho intramolecular Hbond substituents is 1. The summed E-state index contributed by atoms with van der Waals surface area (Å²) in [6.07, 6.45) is 3.97. The van der Waals surface area contributed by atoms with Crippen LogP contribution in [0.15, 0.2) is 18.2 Å². The van der Waals surface area contributed by atoms with Crippen LogP contribution in [0, 0.1) is 0 Å². The molecule has 1 saturated heterocycles. The van der Waals surface area contributed by atoms with Gasteiger partial charge >= 0.3 is 0 Å². The standard InChI is InChI=1S/C15H22N2O2/c1-19-14-4-2-3-11(15(14)18)9-16-12-7-8-17(10-12)13-5-6-13/h2-4,12-13,16,18H,5-10H2,1H3. The number of aromatic hydroxyl groups is 1. The van der Waals surface area contributed by atoms with Crippen LogP contribution in [0.2, 0.25) is 0 Å². The zero-order chi connectivity index (χ0) is 13.2. The zero-order valence-electron chi connectivity index (χ0n) is 11.4. The predicted molar refractivity (Wildman–Crippen MR) is 74.5 cm³/mol. The molecule has 19 heavy (non-hydrogen) atoms. The highest BCUT2D eigenvalue weighted by Gasteiger charge is 2.34. The van der Waals surface area contributed by atoms with Crippen molar-refractivity contribution in [3.05, 3.63) is 23.8 Å². The molecule has 1 heterocycles. The van der Waals surface area contributed by atoms with E-state index in [9.17, 15) is 5.11 Å². The van der Waals surface area contributed by atoms with E-state index in [1.807, 2.05) is 12.1 Å². The number of likely N-dealkylation sites (tertiary alicyclic amines) is 1. The Bertz CT molecular complexity index is 446. The van der Waals surface area contributed by atoms with E-state index in [4.69, 9.17) is 4.74 Å². The lowest BCUT2D eigenvalue weighted by atomic mass is 10.1. The summed E-state index contributed by atoms with van der Waals surface area (Å²) < 4.78 is 5.13. The highest BCUT2D eigenvalue weighted by atomic mass is 16.5. The average Bonchev–Trinajstić information content (AvgIpc) is 3.17. The Balaban J connectivity index is 1.54. The molecule has 4 heteroatoms. The van der Waals surface area contributed by atoms with Gasteiger partial charge in [0.2, 0.25) is 0 Å². The van der Waals surface area contributed by atoms with Gasteiger partial charge in [-0.25, -0.2) is 0 Å². The minimum Gasteiger partial charge on any atom is -0.504 e. The van der Waals surface area contributed by atoms with E-state index in [1.165, 1.54) is 25.8 Å². The molecular formula is C15H22N2O2. The molecule has 1 aliphatic carbocycles. The summed E-state index contributed by atoms with van der Waals surface area (Å²) >= 11 is 0. The average molecular weight is 262 g/mol. The van der Waals surface area contributed by atoms with Crippen LogP contribution in [-0.4, -0.2) is 42.3 Å². The number of para-hydroxylation sites is 1. The summed E-state index contributed by atoms with van der Waals surface area (Å²) in [4.78, 5) is 2.59. The third kappa shape index (κ3) is 2.85. The van der Waals surface area contributed by atoms with Gasteiger partial charge in [-0.2, -0.15) is 0 Å². The minimum atomic E-state index is 0.259. The largest absolute Gasteiger partial charge is 0.504 e. The van der Waals surface area contributed by atoms with E-state index < -0.39 is 0 Å². The van der Waals surface area contributed by atoms with Gasteiger partial charge in [0.15, 0.2) is 11.5 Å². The molecule has 1 unspecified atom stereocenters. The van der Waals surface area contributed by atoms with E-state index in [0.29, 0.717) is 18.3 Å². The third-order valence-electron chi connectivity index (χ3n) is 4.17. The van der Waals surface area contributed by atoms with E-state index in [0.717, 1.165) is 18.2 Å². The molecule has 2 N–H and O–H groups in total. The fourth-order valence-corrected chi connectivity index (χ4v) is 2.85. The van der Waals surface area contributed by atoms with Gasteiger partial charge in [-0.05, 0) is 25.3 Å². The second-order valence-corrected chi connectivity index (χ2v) is 5.56. The summed E-state index contributed by atoms with van der Waals surface area (Å²) in [6, 6.07) is 7.05. The molecule has 1 aromatic carbocycles. The Labute approximate surface area is 114 Å². The number of nitrogens with zero attached hydrogens (tertiary/aromatic N) is 1. The molecule has 0 spiro atoms. The summed E-state index contributed by atoms with van der Waals surface area (Å²) in [7, 11) is 1.58. The summed E-state index contributed by atoms with van der Waals surface area (Å²) in [5, 5.41) is 13.6. The van der Waals surface area contributed by atoms with Crippen molar-refractivity contribution in [2.45, 2.75) is 37.9 Å². The highest BCUT2D eigenvalue weighted by molar-refractivity contribution is 5.45. The SMILES string of the molecule is COc1cccc(CNC2CCN(C3CC3)C2)c1O. The van der Waals surface area contributed by atoms with Crippen LogP contribution in [0.4, 0.5) is 0 Å². The number of nitrogens with one attached hydrogen (secondary N) is 1. The monoisotopic (exact) mass is 262 g/mol. The molecule has 3 rings (SSSR count). The first kappa shape index (κ1) is 12.8. The molecule has 0 aromatic heterocycles. The summed E-state index contributed by atoms with van der Waals surface area (Å²) in [5.74, 6) is 0.805. The molecule has 104 valence electrons. The van der Waals surface area contributed by atoms with Crippen LogP contribution in [0.3, 0.4) is 0 Å². The molecular weight excluding hydrogens is 240 g/mol. The van der Waals surface area contributed by atoms with Gasteiger partial charge in [-0.3, -0.25) is 4.90 Å². The highest BCUT2D eigenvalue weighted by Crippen LogP contribution is 2.31. The quantitative estimate of drug-likeness (QED) is 0.848. The van der Waals surface area contributed by atoms with E-state index >= 15 is 0 Å². The molecule has 2 fully saturated rings. The van der Waals surface area contributed by atoms with Crippen molar-refractivity contribution in [3.63, 3.8) is 0 Å². The number of hydrogen-bond acceptors (Lipinski definition) is 4. The van der Waals surface area contributed by atoms with Crippen molar-refractivity contribution < 1.29 is 9.84 Å². The molecule has 1 aliphatic heterocycles. The molecule has 0 amide bonds. The Morgan fingerprint density at radius 2 is 2.21 bits per heavy atom. The first-order valence-electron chi connectivity index (χ1n) is 7.10. The van der Waals surface area contributed by atoms with Crippen molar-refractivity contribution in [3.8, 4) is 11.5 Å². The zero-order valence-corrected chi connectivity index (χ0v) is 11.4. The van der Waals surface area contributed by atoms with Crippen LogP contribution >= 0.6 is 0 Å². The van der Waals surface area contributed by atoms with Crippen LogP contribution < -0.4 is 10.1 Å². The first-order valence-corrected chi connectivity index (χ1v) is 7.10. The fraction of sp³-hybridized carbons (Fsp3) is 0.600. The maximum atomic E-state index is 10.0. The predicted octanol–water partition coefficient (Wildman–Crippen LogP) is 1.73. The molecule has 2 aliphatic rings. The Kier molecular flexibility index (Phi) is 3.62. The van der Waals surface area contributed by atoms with E-state index in [-0.39, 0.29) is 5.75 Å². The van der Waals surface area contributed by atoms with Gasteiger partial charge in [0, 0.05) is 37.3 Å². The van der Waals surface area contributed by atoms with Gasteiger partial charge in [-0.15, -0.1) is 0 Å². The number of benzene rings is 1.